The van der Waals surface area contributed by atoms with Crippen LogP contribution < -0.4 is 4.90 Å². The highest BCUT2D eigenvalue weighted by Crippen LogP contribution is 2.46. The van der Waals surface area contributed by atoms with E-state index in [1.54, 1.807) is 0 Å². The first kappa shape index (κ1) is 11.8. The van der Waals surface area contributed by atoms with Gasteiger partial charge < -0.3 is 4.90 Å². The van der Waals surface area contributed by atoms with Crippen molar-refractivity contribution in [3.8, 4) is 0 Å². The van der Waals surface area contributed by atoms with E-state index in [1.165, 1.54) is 16.8 Å². The van der Waals surface area contributed by atoms with Gasteiger partial charge >= 0.3 is 0 Å². The van der Waals surface area contributed by atoms with Crippen LogP contribution in [0, 0.1) is 6.92 Å². The largest absolute Gasteiger partial charge is 0.352 e. The van der Waals surface area contributed by atoms with Crippen molar-refractivity contribution in [2.24, 2.45) is 0 Å². The molecule has 0 aliphatic carbocycles. The zero-order valence-corrected chi connectivity index (χ0v) is 11.5. The Bertz CT molecular complexity index is 409. The maximum atomic E-state index is 6.31. The Balaban J connectivity index is 2.60. The summed E-state index contributed by atoms with van der Waals surface area (Å²) in [6.07, 6.45) is 0. The van der Waals surface area contributed by atoms with Crippen LogP contribution in [0.3, 0.4) is 0 Å². The molecular weight excluding hydrogens is 218 g/mol. The Morgan fingerprint density at radius 2 is 2.00 bits per heavy atom. The molecule has 0 bridgehead atoms. The molecule has 0 radical (unpaired) electrons. The van der Waals surface area contributed by atoms with Crippen molar-refractivity contribution in [3.63, 3.8) is 0 Å². The second-order valence-electron chi connectivity index (χ2n) is 5.40. The number of aryl methyl sites for hydroxylation is 1. The first-order chi connectivity index (χ1) is 7.35. The molecule has 1 heterocycles. The van der Waals surface area contributed by atoms with Gasteiger partial charge in [-0.25, -0.2) is 0 Å². The Morgan fingerprint density at radius 3 is 2.56 bits per heavy atom. The van der Waals surface area contributed by atoms with Gasteiger partial charge in [0.15, 0.2) is 0 Å². The quantitative estimate of drug-likeness (QED) is 0.526. The molecule has 2 heteroatoms. The van der Waals surface area contributed by atoms with Crippen molar-refractivity contribution in [2.45, 2.75) is 51.6 Å². The summed E-state index contributed by atoms with van der Waals surface area (Å²) in [5.41, 5.74) is 4.23. The molecule has 1 aromatic carbocycles. The van der Waals surface area contributed by atoms with Gasteiger partial charge in [-0.15, -0.1) is 0 Å². The molecule has 0 amide bonds. The van der Waals surface area contributed by atoms with Crippen molar-refractivity contribution in [3.05, 3.63) is 29.3 Å². The molecule has 1 nitrogen and oxygen atoms in total. The van der Waals surface area contributed by atoms with Gasteiger partial charge in [0.25, 0.3) is 0 Å². The highest BCUT2D eigenvalue weighted by molar-refractivity contribution is 6.21. The zero-order chi connectivity index (χ0) is 12.1. The smallest absolute Gasteiger partial charge is 0.101 e. The number of halogens is 1. The van der Waals surface area contributed by atoms with Crippen LogP contribution in [0.2, 0.25) is 0 Å². The van der Waals surface area contributed by atoms with Crippen molar-refractivity contribution in [1.82, 2.24) is 0 Å². The van der Waals surface area contributed by atoms with E-state index in [0.29, 0.717) is 6.04 Å². The van der Waals surface area contributed by atoms with Gasteiger partial charge in [-0.1, -0.05) is 37.6 Å². The van der Waals surface area contributed by atoms with Crippen LogP contribution in [-0.2, 0) is 5.41 Å². The summed E-state index contributed by atoms with van der Waals surface area (Å²) in [4.78, 5) is 2.32. The highest BCUT2D eigenvalue weighted by atomic mass is 35.5. The molecule has 0 saturated carbocycles. The topological polar surface area (TPSA) is 3.24 Å². The van der Waals surface area contributed by atoms with Gasteiger partial charge in [0.05, 0.1) is 0 Å². The molecule has 1 aliphatic heterocycles. The van der Waals surface area contributed by atoms with E-state index in [1.807, 2.05) is 6.92 Å². The van der Waals surface area contributed by atoms with Crippen LogP contribution in [0.25, 0.3) is 0 Å². The second-order valence-corrected chi connectivity index (χ2v) is 6.03. The van der Waals surface area contributed by atoms with Crippen molar-refractivity contribution >= 4 is 17.3 Å². The molecule has 2 rings (SSSR count). The predicted molar refractivity (Wildman–Crippen MR) is 71.5 cm³/mol. The van der Waals surface area contributed by atoms with Crippen molar-refractivity contribution in [1.29, 1.82) is 0 Å². The molecule has 0 spiro atoms. The minimum Gasteiger partial charge on any atom is -0.352 e. The maximum Gasteiger partial charge on any atom is 0.101 e. The fraction of sp³-hybridized carbons (Fsp3) is 0.571. The van der Waals surface area contributed by atoms with Crippen LogP contribution in [0.4, 0.5) is 5.69 Å². The van der Waals surface area contributed by atoms with Crippen molar-refractivity contribution < 1.29 is 0 Å². The molecule has 0 N–H and O–H groups in total. The molecule has 0 fully saturated rings. The van der Waals surface area contributed by atoms with Crippen molar-refractivity contribution in [2.75, 3.05) is 4.90 Å². The highest BCUT2D eigenvalue weighted by Gasteiger charge is 2.42. The number of hydrogen-bond acceptors (Lipinski definition) is 1. The lowest BCUT2D eigenvalue weighted by Gasteiger charge is -2.33. The molecule has 0 saturated heterocycles. The molecule has 1 aromatic rings. The zero-order valence-electron chi connectivity index (χ0n) is 10.7. The lowest BCUT2D eigenvalue weighted by atomic mass is 9.81. The van der Waals surface area contributed by atoms with Gasteiger partial charge in [-0.2, -0.15) is 0 Å². The first-order valence-corrected chi connectivity index (χ1v) is 6.33. The average Bonchev–Trinajstić information content (AvgIpc) is 2.34. The minimum absolute atomic E-state index is 0.0392. The fourth-order valence-electron chi connectivity index (χ4n) is 2.68. The molecule has 1 aliphatic rings. The number of fused-ring (bicyclic) bond motifs is 1. The van der Waals surface area contributed by atoms with Crippen LogP contribution in [-0.4, -0.2) is 11.5 Å². The monoisotopic (exact) mass is 237 g/mol. The van der Waals surface area contributed by atoms with E-state index >= 15 is 0 Å². The van der Waals surface area contributed by atoms with Crippen LogP contribution >= 0.6 is 11.6 Å². The van der Waals surface area contributed by atoms with Crippen LogP contribution in [0.1, 0.15) is 38.8 Å². The van der Waals surface area contributed by atoms with Gasteiger partial charge in [0.2, 0.25) is 0 Å². The van der Waals surface area contributed by atoms with Gasteiger partial charge in [-0.3, -0.25) is 0 Å². The van der Waals surface area contributed by atoms with Crippen LogP contribution in [0.15, 0.2) is 18.2 Å². The third kappa shape index (κ3) is 1.53. The van der Waals surface area contributed by atoms with E-state index in [9.17, 15) is 0 Å². The number of alkyl halides is 1. The number of anilines is 1. The number of rotatable bonds is 1. The Labute approximate surface area is 103 Å². The summed E-state index contributed by atoms with van der Waals surface area (Å²) in [7, 11) is 0. The lowest BCUT2D eigenvalue weighted by Crippen LogP contribution is -2.41. The molecule has 88 valence electrons. The Hall–Kier alpha value is -0.690. The Kier molecular flexibility index (Phi) is 2.70. The third-order valence-corrected chi connectivity index (χ3v) is 4.18. The maximum absolute atomic E-state index is 6.31. The number of nitrogens with zero attached hydrogens (tertiary/aromatic N) is 1. The SMILES string of the molecule is Cc1ccc2c(c1)N(C(C)Cl)C(C)C2(C)C. The van der Waals surface area contributed by atoms with E-state index < -0.39 is 0 Å². The molecule has 16 heavy (non-hydrogen) atoms. The minimum atomic E-state index is 0.0392. The summed E-state index contributed by atoms with van der Waals surface area (Å²) in [6, 6.07) is 7.13. The third-order valence-electron chi connectivity index (χ3n) is 3.97. The normalized spacial score (nSPS) is 24.4. The summed E-state index contributed by atoms with van der Waals surface area (Å²) in [5, 5.41) is 0. The van der Waals surface area contributed by atoms with Gasteiger partial charge in [-0.05, 0) is 38.0 Å². The molecular formula is C14H20ClN. The summed E-state index contributed by atoms with van der Waals surface area (Å²) >= 11 is 6.31. The summed E-state index contributed by atoms with van der Waals surface area (Å²) in [5.74, 6) is 0. The predicted octanol–water partition coefficient (Wildman–Crippen LogP) is 4.07. The average molecular weight is 238 g/mol. The van der Waals surface area contributed by atoms with E-state index in [-0.39, 0.29) is 10.9 Å². The van der Waals surface area contributed by atoms with Gasteiger partial charge in [0, 0.05) is 17.1 Å². The molecule has 2 atom stereocenters. The second kappa shape index (κ2) is 3.66. The fourth-order valence-corrected chi connectivity index (χ4v) is 2.96. The lowest BCUT2D eigenvalue weighted by molar-refractivity contribution is 0.439. The van der Waals surface area contributed by atoms with E-state index in [4.69, 9.17) is 11.6 Å². The summed E-state index contributed by atoms with van der Waals surface area (Å²) in [6.45, 7) is 11.0. The van der Waals surface area contributed by atoms with E-state index in [0.717, 1.165) is 0 Å². The summed E-state index contributed by atoms with van der Waals surface area (Å²) < 4.78 is 0. The first-order valence-electron chi connectivity index (χ1n) is 5.89. The Morgan fingerprint density at radius 1 is 1.38 bits per heavy atom. The van der Waals surface area contributed by atoms with Gasteiger partial charge in [0.1, 0.15) is 5.50 Å². The van der Waals surface area contributed by atoms with Crippen LogP contribution in [0.5, 0.6) is 0 Å². The molecule has 2 unspecified atom stereocenters. The molecule has 0 aromatic heterocycles. The number of benzene rings is 1. The van der Waals surface area contributed by atoms with E-state index in [2.05, 4.69) is 50.8 Å². The number of hydrogen-bond donors (Lipinski definition) is 0. The standard InChI is InChI=1S/C14H20ClN/c1-9-6-7-12-13(8-9)16(11(3)15)10(2)14(12,4)5/h6-8,10-11H,1-5H3.